The van der Waals surface area contributed by atoms with Gasteiger partial charge in [0.2, 0.25) is 0 Å². The zero-order valence-corrected chi connectivity index (χ0v) is 64.6. The molecule has 0 bridgehead atoms. The van der Waals surface area contributed by atoms with Crippen molar-refractivity contribution in [3.8, 4) is 0 Å². The highest BCUT2D eigenvalue weighted by Crippen LogP contribution is 2.45. The van der Waals surface area contributed by atoms with E-state index in [1.165, 1.54) is 199 Å². The minimum absolute atomic E-state index is 0.105. The van der Waals surface area contributed by atoms with Gasteiger partial charge < -0.3 is 33.8 Å². The predicted octanol–water partition coefficient (Wildman–Crippen LogP) is 22.6. The molecule has 0 aliphatic carbocycles. The van der Waals surface area contributed by atoms with Crippen LogP contribution in [0.2, 0.25) is 0 Å². The van der Waals surface area contributed by atoms with E-state index in [1.807, 2.05) is 0 Å². The summed E-state index contributed by atoms with van der Waals surface area (Å²) in [5, 5.41) is 10.6. The highest BCUT2D eigenvalue weighted by molar-refractivity contribution is 7.47. The van der Waals surface area contributed by atoms with Crippen LogP contribution in [0.3, 0.4) is 0 Å². The number of unbranched alkanes of at least 4 members (excludes halogenated alkanes) is 42. The van der Waals surface area contributed by atoms with Gasteiger partial charge in [0, 0.05) is 25.7 Å². The first kappa shape index (κ1) is 94.1. The Balaban J connectivity index is 5.25. The van der Waals surface area contributed by atoms with Crippen molar-refractivity contribution in [2.24, 2.45) is 17.8 Å². The van der Waals surface area contributed by atoms with Gasteiger partial charge in [-0.1, -0.05) is 344 Å². The number of aliphatic hydroxyl groups is 1. The van der Waals surface area contributed by atoms with E-state index in [2.05, 4.69) is 48.5 Å². The molecule has 0 aliphatic heterocycles. The molecule has 0 amide bonds. The number of carbonyl (C=O) groups is 4. The summed E-state index contributed by atoms with van der Waals surface area (Å²) in [6.07, 6.45) is 54.1. The molecule has 0 spiro atoms. The van der Waals surface area contributed by atoms with Gasteiger partial charge in [0.15, 0.2) is 12.2 Å². The first-order chi connectivity index (χ1) is 46.3. The Bertz CT molecular complexity index is 1870. The maximum Gasteiger partial charge on any atom is 0.472 e. The van der Waals surface area contributed by atoms with Crippen LogP contribution in [0.25, 0.3) is 0 Å². The second kappa shape index (κ2) is 67.5. The molecule has 0 rings (SSSR count). The lowest BCUT2D eigenvalue weighted by Gasteiger charge is -2.21. The average Bonchev–Trinajstić information content (AvgIpc) is 2.98. The molecule has 3 unspecified atom stereocenters. The van der Waals surface area contributed by atoms with Crippen LogP contribution in [0.1, 0.15) is 395 Å². The summed E-state index contributed by atoms with van der Waals surface area (Å²) >= 11 is 0. The van der Waals surface area contributed by atoms with Crippen LogP contribution < -0.4 is 0 Å². The van der Waals surface area contributed by atoms with Crippen molar-refractivity contribution in [1.82, 2.24) is 0 Å². The monoisotopic (exact) mass is 1410 g/mol. The van der Waals surface area contributed by atoms with Gasteiger partial charge in [-0.2, -0.15) is 0 Å². The summed E-state index contributed by atoms with van der Waals surface area (Å²) in [7, 11) is -9.91. The number of phosphoric acid groups is 2. The summed E-state index contributed by atoms with van der Waals surface area (Å²) in [4.78, 5) is 72.9. The summed E-state index contributed by atoms with van der Waals surface area (Å²) in [5.74, 6) is 0.157. The van der Waals surface area contributed by atoms with Crippen molar-refractivity contribution in [2.75, 3.05) is 39.6 Å². The fraction of sp³-hybridized carbons (Fsp3) is 0.948. The lowest BCUT2D eigenvalue weighted by Crippen LogP contribution is -2.30. The van der Waals surface area contributed by atoms with E-state index >= 15 is 0 Å². The maximum absolute atomic E-state index is 13.1. The zero-order chi connectivity index (χ0) is 70.9. The largest absolute Gasteiger partial charge is 0.472 e. The Morgan fingerprint density at radius 1 is 0.302 bits per heavy atom. The Morgan fingerprint density at radius 2 is 0.531 bits per heavy atom. The molecule has 0 saturated carbocycles. The Labute approximate surface area is 588 Å². The van der Waals surface area contributed by atoms with E-state index in [4.69, 9.17) is 37.0 Å². The van der Waals surface area contributed by atoms with Gasteiger partial charge in [-0.3, -0.25) is 37.3 Å². The zero-order valence-electron chi connectivity index (χ0n) is 62.8. The maximum atomic E-state index is 13.1. The molecule has 3 N–H and O–H groups in total. The standard InChI is InChI=1S/C77H150O17P2/c1-8-10-11-12-13-14-15-16-17-18-19-22-26-32-37-46-53-60-76(81)93-72(64-87-74(79)58-51-44-36-31-25-23-20-21-24-29-34-41-48-55-68(3)4)66-91-95(83,84)89-62-71(78)63-90-96(85,86)92-67-73(65-88-75(80)59-52-45-40-39-43-50-57-70(7)9-2)94-77(82)61-54-47-38-33-28-27-30-35-42-49-56-69(5)6/h68-73,78H,8-67H2,1-7H3,(H,83,84)(H,85,86)/t70?,71-,72-,73-/m1/s1. The highest BCUT2D eigenvalue weighted by atomic mass is 31.2. The van der Waals surface area contributed by atoms with Gasteiger partial charge in [0.25, 0.3) is 0 Å². The third-order valence-corrected chi connectivity index (χ3v) is 20.1. The molecule has 96 heavy (non-hydrogen) atoms. The first-order valence-electron chi connectivity index (χ1n) is 39.9. The first-order valence-corrected chi connectivity index (χ1v) is 42.9. The van der Waals surface area contributed by atoms with Gasteiger partial charge in [0.1, 0.15) is 19.3 Å². The van der Waals surface area contributed by atoms with Crippen LogP contribution in [-0.2, 0) is 65.4 Å². The molecule has 19 heteroatoms. The molecule has 570 valence electrons. The topological polar surface area (TPSA) is 237 Å². The summed E-state index contributed by atoms with van der Waals surface area (Å²) in [6, 6.07) is 0. The molecule has 0 saturated heterocycles. The molecule has 0 aliphatic rings. The van der Waals surface area contributed by atoms with Crippen molar-refractivity contribution in [2.45, 2.75) is 414 Å². The van der Waals surface area contributed by atoms with Gasteiger partial charge >= 0.3 is 39.5 Å². The lowest BCUT2D eigenvalue weighted by molar-refractivity contribution is -0.161. The van der Waals surface area contributed by atoms with Crippen molar-refractivity contribution in [3.05, 3.63) is 0 Å². The minimum Gasteiger partial charge on any atom is -0.462 e. The van der Waals surface area contributed by atoms with Crippen LogP contribution in [0, 0.1) is 17.8 Å². The SMILES string of the molecule is CCCCCCCCCCCCCCCCCCCC(=O)O[C@H](COC(=O)CCCCCCCCCCCCCCCC(C)C)COP(=O)(O)OC[C@@H](O)COP(=O)(O)OC[C@@H](COC(=O)CCCCCCCCC(C)CC)OC(=O)CCCCCCCCCCCCC(C)C. The number of aliphatic hydroxyl groups excluding tert-OH is 1. The second-order valence-corrected chi connectivity index (χ2v) is 31.8. The number of ether oxygens (including phenoxy) is 4. The molecular formula is C77H150O17P2. The van der Waals surface area contributed by atoms with Gasteiger partial charge in [-0.25, -0.2) is 9.13 Å². The third kappa shape index (κ3) is 69.2. The minimum atomic E-state index is -4.96. The molecule has 0 aromatic rings. The number of rotatable bonds is 75. The molecule has 0 heterocycles. The van der Waals surface area contributed by atoms with Gasteiger partial charge in [-0.05, 0) is 43.4 Å². The normalized spacial score (nSPS) is 14.3. The van der Waals surface area contributed by atoms with Crippen LogP contribution in [-0.4, -0.2) is 96.7 Å². The Kier molecular flexibility index (Phi) is 66.2. The average molecular weight is 1410 g/mol. The van der Waals surface area contributed by atoms with E-state index < -0.39 is 97.5 Å². The fourth-order valence-corrected chi connectivity index (χ4v) is 13.3. The smallest absolute Gasteiger partial charge is 0.462 e. The molecule has 0 radical (unpaired) electrons. The van der Waals surface area contributed by atoms with E-state index in [-0.39, 0.29) is 25.7 Å². The number of hydrogen-bond donors (Lipinski definition) is 3. The van der Waals surface area contributed by atoms with E-state index in [0.29, 0.717) is 25.7 Å². The van der Waals surface area contributed by atoms with Crippen LogP contribution in [0.15, 0.2) is 0 Å². The van der Waals surface area contributed by atoms with E-state index in [1.54, 1.807) is 0 Å². The quantitative estimate of drug-likeness (QED) is 0.0222. The lowest BCUT2D eigenvalue weighted by atomic mass is 10.00. The van der Waals surface area contributed by atoms with Crippen molar-refractivity contribution in [3.63, 3.8) is 0 Å². The number of phosphoric ester groups is 2. The third-order valence-electron chi connectivity index (χ3n) is 18.2. The molecule has 0 aromatic heterocycles. The number of carbonyl (C=O) groups excluding carboxylic acids is 4. The summed E-state index contributed by atoms with van der Waals surface area (Å²) in [6.45, 7) is 11.9. The fourth-order valence-electron chi connectivity index (χ4n) is 11.7. The van der Waals surface area contributed by atoms with Gasteiger partial charge in [0.05, 0.1) is 26.4 Å². The van der Waals surface area contributed by atoms with Crippen LogP contribution in [0.5, 0.6) is 0 Å². The van der Waals surface area contributed by atoms with Crippen LogP contribution in [0.4, 0.5) is 0 Å². The predicted molar refractivity (Wildman–Crippen MR) is 391 cm³/mol. The molecule has 0 fully saturated rings. The summed E-state index contributed by atoms with van der Waals surface area (Å²) in [5.41, 5.74) is 0. The van der Waals surface area contributed by atoms with Crippen molar-refractivity contribution >= 4 is 39.5 Å². The van der Waals surface area contributed by atoms with Crippen molar-refractivity contribution in [1.29, 1.82) is 0 Å². The molecule has 17 nitrogen and oxygen atoms in total. The Hall–Kier alpha value is -1.94. The summed E-state index contributed by atoms with van der Waals surface area (Å²) < 4.78 is 68.6. The molecule has 0 aromatic carbocycles. The molecule has 6 atom stereocenters. The van der Waals surface area contributed by atoms with Crippen LogP contribution >= 0.6 is 15.6 Å². The van der Waals surface area contributed by atoms with Crippen molar-refractivity contribution < 1.29 is 80.2 Å². The van der Waals surface area contributed by atoms with E-state index in [0.717, 1.165) is 114 Å². The second-order valence-electron chi connectivity index (χ2n) is 28.9. The highest BCUT2D eigenvalue weighted by Gasteiger charge is 2.30. The number of hydrogen-bond acceptors (Lipinski definition) is 15. The molecular weight excluding hydrogens is 1260 g/mol. The van der Waals surface area contributed by atoms with E-state index in [9.17, 15) is 43.2 Å². The Morgan fingerprint density at radius 3 is 0.792 bits per heavy atom. The number of esters is 4. The van der Waals surface area contributed by atoms with Gasteiger partial charge in [-0.15, -0.1) is 0 Å².